The number of rotatable bonds is 5. The highest BCUT2D eigenvalue weighted by atomic mass is 16.5. The van der Waals surface area contributed by atoms with E-state index in [9.17, 15) is 0 Å². The van der Waals surface area contributed by atoms with E-state index in [0.717, 1.165) is 57.8 Å². The molecule has 3 aliphatic heterocycles. The van der Waals surface area contributed by atoms with Crippen LogP contribution in [0.5, 0.6) is 0 Å². The number of likely N-dealkylation sites (tertiary alicyclic amines) is 1. The maximum atomic E-state index is 5.95. The van der Waals surface area contributed by atoms with Gasteiger partial charge in [0, 0.05) is 52.1 Å². The standard InChI is InChI=1S/C20H33N5O2/c1-23(19-7-8-21-20(22-19)25-10-13-26-14-11-25)17-5-4-9-24(15-17)16-18-6-2-3-12-27-18/h7-8,17-18H,2-6,9-16H2,1H3. The minimum Gasteiger partial charge on any atom is -0.378 e. The van der Waals surface area contributed by atoms with E-state index in [1.54, 1.807) is 0 Å². The van der Waals surface area contributed by atoms with Gasteiger partial charge < -0.3 is 19.3 Å². The summed E-state index contributed by atoms with van der Waals surface area (Å²) >= 11 is 0. The Labute approximate surface area is 162 Å². The second-order valence-electron chi connectivity index (χ2n) is 7.97. The first-order valence-corrected chi connectivity index (χ1v) is 10.5. The summed E-state index contributed by atoms with van der Waals surface area (Å²) in [4.78, 5) is 16.5. The van der Waals surface area contributed by atoms with Crippen LogP contribution in [0.1, 0.15) is 32.1 Å². The van der Waals surface area contributed by atoms with Crippen molar-refractivity contribution in [1.82, 2.24) is 14.9 Å². The fraction of sp³-hybridized carbons (Fsp3) is 0.800. The highest BCUT2D eigenvalue weighted by molar-refractivity contribution is 5.44. The molecule has 0 spiro atoms. The molecule has 0 aliphatic carbocycles. The third-order valence-electron chi connectivity index (χ3n) is 6.05. The largest absolute Gasteiger partial charge is 0.378 e. The van der Waals surface area contributed by atoms with Gasteiger partial charge in [-0.2, -0.15) is 4.98 Å². The number of ether oxygens (including phenoxy) is 2. The number of aromatic nitrogens is 2. The van der Waals surface area contributed by atoms with E-state index in [1.165, 1.54) is 38.6 Å². The number of piperidine rings is 1. The Balaban J connectivity index is 1.37. The second-order valence-corrected chi connectivity index (χ2v) is 7.97. The van der Waals surface area contributed by atoms with Gasteiger partial charge in [-0.25, -0.2) is 4.98 Å². The average Bonchev–Trinajstić information content (AvgIpc) is 2.75. The van der Waals surface area contributed by atoms with E-state index in [0.29, 0.717) is 12.1 Å². The van der Waals surface area contributed by atoms with Crippen LogP contribution in [0.15, 0.2) is 12.3 Å². The molecule has 1 aromatic heterocycles. The first-order valence-electron chi connectivity index (χ1n) is 10.5. The smallest absolute Gasteiger partial charge is 0.227 e. The Kier molecular flexibility index (Phi) is 6.42. The van der Waals surface area contributed by atoms with Crippen molar-refractivity contribution in [3.63, 3.8) is 0 Å². The molecule has 0 bridgehead atoms. The molecular weight excluding hydrogens is 342 g/mol. The zero-order chi connectivity index (χ0) is 18.5. The SMILES string of the molecule is CN(c1ccnc(N2CCOCC2)n1)C1CCCN(CC2CCCCO2)C1. The van der Waals surface area contributed by atoms with E-state index >= 15 is 0 Å². The average molecular weight is 376 g/mol. The van der Waals surface area contributed by atoms with Crippen molar-refractivity contribution >= 4 is 11.8 Å². The number of hydrogen-bond acceptors (Lipinski definition) is 7. The van der Waals surface area contributed by atoms with Crippen molar-refractivity contribution in [3.05, 3.63) is 12.3 Å². The lowest BCUT2D eigenvalue weighted by Crippen LogP contribution is -2.49. The lowest BCUT2D eigenvalue weighted by molar-refractivity contribution is -0.00991. The topological polar surface area (TPSA) is 54.0 Å². The van der Waals surface area contributed by atoms with Crippen LogP contribution in [0.4, 0.5) is 11.8 Å². The maximum Gasteiger partial charge on any atom is 0.227 e. The number of morpholine rings is 1. The molecule has 0 aromatic carbocycles. The monoisotopic (exact) mass is 375 g/mol. The minimum atomic E-state index is 0.426. The molecule has 0 N–H and O–H groups in total. The molecule has 150 valence electrons. The molecule has 4 heterocycles. The predicted octanol–water partition coefficient (Wildman–Crippen LogP) is 1.78. The summed E-state index contributed by atoms with van der Waals surface area (Å²) < 4.78 is 11.4. The van der Waals surface area contributed by atoms with Gasteiger partial charge in [0.15, 0.2) is 0 Å². The van der Waals surface area contributed by atoms with Gasteiger partial charge in [0.2, 0.25) is 5.95 Å². The zero-order valence-corrected chi connectivity index (χ0v) is 16.6. The zero-order valence-electron chi connectivity index (χ0n) is 16.6. The summed E-state index contributed by atoms with van der Waals surface area (Å²) in [5.41, 5.74) is 0. The molecule has 4 rings (SSSR count). The molecular formula is C20H33N5O2. The van der Waals surface area contributed by atoms with E-state index in [4.69, 9.17) is 14.5 Å². The Morgan fingerprint density at radius 2 is 2.00 bits per heavy atom. The van der Waals surface area contributed by atoms with E-state index in [1.807, 2.05) is 12.3 Å². The number of likely N-dealkylation sites (N-methyl/N-ethyl adjacent to an activating group) is 1. The number of anilines is 2. The van der Waals surface area contributed by atoms with Gasteiger partial charge in [0.05, 0.1) is 19.3 Å². The molecule has 1 aromatic rings. The molecule has 7 heteroatoms. The van der Waals surface area contributed by atoms with Gasteiger partial charge in [-0.15, -0.1) is 0 Å². The first-order chi connectivity index (χ1) is 13.3. The van der Waals surface area contributed by atoms with Crippen molar-refractivity contribution in [1.29, 1.82) is 0 Å². The Bertz CT molecular complexity index is 589. The molecule has 7 nitrogen and oxygen atoms in total. The lowest BCUT2D eigenvalue weighted by Gasteiger charge is -2.40. The van der Waals surface area contributed by atoms with Crippen molar-refractivity contribution in [2.24, 2.45) is 0 Å². The third-order valence-corrected chi connectivity index (χ3v) is 6.05. The predicted molar refractivity (Wildman–Crippen MR) is 107 cm³/mol. The van der Waals surface area contributed by atoms with Gasteiger partial charge in [0.25, 0.3) is 0 Å². The molecule has 0 saturated carbocycles. The molecule has 2 unspecified atom stereocenters. The summed E-state index contributed by atoms with van der Waals surface area (Å²) in [5.74, 6) is 1.85. The normalized spacial score (nSPS) is 27.5. The van der Waals surface area contributed by atoms with Crippen LogP contribution in [0.25, 0.3) is 0 Å². The van der Waals surface area contributed by atoms with Crippen LogP contribution in [-0.2, 0) is 9.47 Å². The van der Waals surface area contributed by atoms with E-state index < -0.39 is 0 Å². The number of hydrogen-bond donors (Lipinski definition) is 0. The Morgan fingerprint density at radius 1 is 1.11 bits per heavy atom. The molecule has 3 aliphatic rings. The molecule has 3 saturated heterocycles. The van der Waals surface area contributed by atoms with Crippen LogP contribution in [0.2, 0.25) is 0 Å². The van der Waals surface area contributed by atoms with Crippen LogP contribution in [0, 0.1) is 0 Å². The first kappa shape index (κ1) is 18.9. The highest BCUT2D eigenvalue weighted by Crippen LogP contribution is 2.23. The minimum absolute atomic E-state index is 0.426. The van der Waals surface area contributed by atoms with Gasteiger partial charge in [-0.05, 0) is 44.7 Å². The summed E-state index contributed by atoms with van der Waals surface area (Å²) in [6, 6.07) is 2.53. The van der Waals surface area contributed by atoms with Crippen LogP contribution < -0.4 is 9.80 Å². The molecule has 27 heavy (non-hydrogen) atoms. The highest BCUT2D eigenvalue weighted by Gasteiger charge is 2.27. The molecule has 2 atom stereocenters. The second kappa shape index (κ2) is 9.17. The van der Waals surface area contributed by atoms with Crippen LogP contribution in [-0.4, -0.2) is 86.6 Å². The molecule has 0 radical (unpaired) electrons. The van der Waals surface area contributed by atoms with Crippen molar-refractivity contribution in [2.75, 3.05) is 69.4 Å². The third kappa shape index (κ3) is 4.89. The van der Waals surface area contributed by atoms with Gasteiger partial charge in [0.1, 0.15) is 5.82 Å². The van der Waals surface area contributed by atoms with Gasteiger partial charge >= 0.3 is 0 Å². The fourth-order valence-corrected chi connectivity index (χ4v) is 4.39. The maximum absolute atomic E-state index is 5.95. The van der Waals surface area contributed by atoms with Crippen molar-refractivity contribution < 1.29 is 9.47 Å². The quantitative estimate of drug-likeness (QED) is 0.778. The summed E-state index contributed by atoms with van der Waals surface area (Å²) in [7, 11) is 2.18. The van der Waals surface area contributed by atoms with Crippen LogP contribution >= 0.6 is 0 Å². The van der Waals surface area contributed by atoms with Gasteiger partial charge in [-0.1, -0.05) is 0 Å². The van der Waals surface area contributed by atoms with E-state index in [2.05, 4.69) is 26.7 Å². The van der Waals surface area contributed by atoms with Gasteiger partial charge in [-0.3, -0.25) is 4.90 Å². The Morgan fingerprint density at radius 3 is 2.81 bits per heavy atom. The lowest BCUT2D eigenvalue weighted by atomic mass is 10.0. The molecule has 0 amide bonds. The van der Waals surface area contributed by atoms with Crippen molar-refractivity contribution in [2.45, 2.75) is 44.2 Å². The summed E-state index contributed by atoms with van der Waals surface area (Å²) in [6.45, 7) is 7.53. The Hall–Kier alpha value is -1.44. The van der Waals surface area contributed by atoms with Crippen molar-refractivity contribution in [3.8, 4) is 0 Å². The summed E-state index contributed by atoms with van der Waals surface area (Å²) in [5, 5.41) is 0. The molecule has 3 fully saturated rings. The van der Waals surface area contributed by atoms with Crippen LogP contribution in [0.3, 0.4) is 0 Å². The summed E-state index contributed by atoms with van der Waals surface area (Å²) in [6.07, 6.45) is 8.52. The number of nitrogens with zero attached hydrogens (tertiary/aromatic N) is 5. The fourth-order valence-electron chi connectivity index (χ4n) is 4.39. The van der Waals surface area contributed by atoms with E-state index in [-0.39, 0.29) is 0 Å².